The zero-order chi connectivity index (χ0) is 11.4. The number of rotatable bonds is 4. The Balaban J connectivity index is 1.87. The number of hydrogen-bond donors (Lipinski definition) is 1. The lowest BCUT2D eigenvalue weighted by Crippen LogP contribution is -2.43. The summed E-state index contributed by atoms with van der Waals surface area (Å²) in [5.41, 5.74) is 1.23. The third-order valence-electron chi connectivity index (χ3n) is 3.21. The molecule has 2 rings (SSSR count). The molecule has 1 unspecified atom stereocenters. The molecule has 90 valence electrons. The van der Waals surface area contributed by atoms with Crippen molar-refractivity contribution in [2.75, 3.05) is 20.1 Å². The van der Waals surface area contributed by atoms with Crippen LogP contribution in [0.4, 0.5) is 0 Å². The van der Waals surface area contributed by atoms with Gasteiger partial charge in [-0.15, -0.1) is 11.3 Å². The second-order valence-corrected chi connectivity index (χ2v) is 5.44. The first kappa shape index (κ1) is 12.0. The van der Waals surface area contributed by atoms with Crippen molar-refractivity contribution in [3.8, 4) is 0 Å². The Hall–Kier alpha value is -0.450. The van der Waals surface area contributed by atoms with Gasteiger partial charge in [-0.25, -0.2) is 4.98 Å². The highest BCUT2D eigenvalue weighted by molar-refractivity contribution is 7.09. The van der Waals surface area contributed by atoms with E-state index in [1.807, 2.05) is 0 Å². The minimum Gasteiger partial charge on any atom is -0.315 e. The van der Waals surface area contributed by atoms with Crippen molar-refractivity contribution in [1.29, 1.82) is 0 Å². The molecule has 1 fully saturated rings. The lowest BCUT2D eigenvalue weighted by Gasteiger charge is -2.31. The van der Waals surface area contributed by atoms with Crippen LogP contribution < -0.4 is 5.32 Å². The summed E-state index contributed by atoms with van der Waals surface area (Å²) in [4.78, 5) is 7.05. The molecule has 3 nitrogen and oxygen atoms in total. The highest BCUT2D eigenvalue weighted by Crippen LogP contribution is 2.15. The first-order valence-corrected chi connectivity index (χ1v) is 7.01. The second kappa shape index (κ2) is 5.75. The number of piperidine rings is 1. The van der Waals surface area contributed by atoms with E-state index < -0.39 is 0 Å². The molecule has 0 amide bonds. The predicted octanol–water partition coefficient (Wildman–Crippen LogP) is 1.89. The summed E-state index contributed by atoms with van der Waals surface area (Å²) < 4.78 is 0. The largest absolute Gasteiger partial charge is 0.315 e. The molecule has 0 aromatic carbocycles. The molecule has 1 aliphatic heterocycles. The van der Waals surface area contributed by atoms with Crippen molar-refractivity contribution in [1.82, 2.24) is 15.2 Å². The summed E-state index contributed by atoms with van der Waals surface area (Å²) in [6, 6.07) is 0.681. The number of hydrogen-bond acceptors (Lipinski definition) is 4. The van der Waals surface area contributed by atoms with Crippen molar-refractivity contribution >= 4 is 11.3 Å². The molecule has 0 aliphatic carbocycles. The Kier molecular flexibility index (Phi) is 4.32. The average molecular weight is 239 g/mol. The van der Waals surface area contributed by atoms with Crippen molar-refractivity contribution in [2.24, 2.45) is 0 Å². The lowest BCUT2D eigenvalue weighted by atomic mass is 10.1. The maximum Gasteiger partial charge on any atom is 0.0926 e. The number of likely N-dealkylation sites (N-methyl/N-ethyl adjacent to an activating group) is 1. The average Bonchev–Trinajstić information content (AvgIpc) is 2.78. The smallest absolute Gasteiger partial charge is 0.0926 e. The normalized spacial score (nSPS) is 21.6. The number of nitrogens with zero attached hydrogens (tertiary/aromatic N) is 2. The fourth-order valence-corrected chi connectivity index (χ4v) is 2.91. The van der Waals surface area contributed by atoms with Gasteiger partial charge in [-0.05, 0) is 32.9 Å². The molecular formula is C12H21N3S. The summed E-state index contributed by atoms with van der Waals surface area (Å²) in [5.74, 6) is 0. The van der Waals surface area contributed by atoms with Crippen LogP contribution in [0.2, 0.25) is 0 Å². The van der Waals surface area contributed by atoms with Gasteiger partial charge in [-0.1, -0.05) is 6.92 Å². The fraction of sp³-hybridized carbons (Fsp3) is 0.750. The van der Waals surface area contributed by atoms with Gasteiger partial charge in [-0.3, -0.25) is 4.90 Å². The van der Waals surface area contributed by atoms with Crippen LogP contribution in [-0.2, 0) is 13.0 Å². The van der Waals surface area contributed by atoms with Gasteiger partial charge in [-0.2, -0.15) is 0 Å². The number of aromatic nitrogens is 1. The molecule has 1 aromatic heterocycles. The fourth-order valence-electron chi connectivity index (χ4n) is 2.18. The van der Waals surface area contributed by atoms with Crippen molar-refractivity contribution in [3.63, 3.8) is 0 Å². The zero-order valence-electron chi connectivity index (χ0n) is 10.2. The van der Waals surface area contributed by atoms with Crippen LogP contribution in [0.5, 0.6) is 0 Å². The standard InChI is InChI=1S/C12H21N3S/c1-3-12-14-10(9-16-12)8-15(2)11-5-4-6-13-7-11/h9,11,13H,3-8H2,1-2H3. The molecule has 1 aliphatic rings. The van der Waals surface area contributed by atoms with Crippen LogP contribution in [-0.4, -0.2) is 36.1 Å². The van der Waals surface area contributed by atoms with Gasteiger partial charge in [0.2, 0.25) is 0 Å². The maximum absolute atomic E-state index is 4.62. The second-order valence-electron chi connectivity index (χ2n) is 4.50. The highest BCUT2D eigenvalue weighted by atomic mass is 32.1. The number of thiazole rings is 1. The van der Waals surface area contributed by atoms with E-state index in [-0.39, 0.29) is 0 Å². The van der Waals surface area contributed by atoms with Crippen LogP contribution in [0, 0.1) is 0 Å². The Labute approximate surface area is 102 Å². The summed E-state index contributed by atoms with van der Waals surface area (Å²) in [7, 11) is 2.21. The van der Waals surface area contributed by atoms with E-state index in [9.17, 15) is 0 Å². The maximum atomic E-state index is 4.62. The Morgan fingerprint density at radius 3 is 3.12 bits per heavy atom. The van der Waals surface area contributed by atoms with Gasteiger partial charge < -0.3 is 5.32 Å². The van der Waals surface area contributed by atoms with Crippen LogP contribution >= 0.6 is 11.3 Å². The van der Waals surface area contributed by atoms with Gasteiger partial charge in [0.25, 0.3) is 0 Å². The lowest BCUT2D eigenvalue weighted by molar-refractivity contribution is 0.194. The number of aryl methyl sites for hydroxylation is 1. The topological polar surface area (TPSA) is 28.2 Å². The molecule has 1 atom stereocenters. The van der Waals surface area contributed by atoms with E-state index in [1.165, 1.54) is 30.1 Å². The molecule has 0 spiro atoms. The van der Waals surface area contributed by atoms with Gasteiger partial charge in [0, 0.05) is 24.5 Å². The van der Waals surface area contributed by atoms with Gasteiger partial charge in [0.15, 0.2) is 0 Å². The molecule has 1 N–H and O–H groups in total. The van der Waals surface area contributed by atoms with Crippen molar-refractivity contribution in [2.45, 2.75) is 38.8 Å². The van der Waals surface area contributed by atoms with E-state index in [1.54, 1.807) is 11.3 Å². The highest BCUT2D eigenvalue weighted by Gasteiger charge is 2.18. The molecule has 0 saturated carbocycles. The van der Waals surface area contributed by atoms with Gasteiger partial charge in [0.1, 0.15) is 0 Å². The summed E-state index contributed by atoms with van der Waals surface area (Å²) in [5, 5.41) is 6.91. The molecule has 2 heterocycles. The zero-order valence-corrected chi connectivity index (χ0v) is 11.0. The molecule has 0 bridgehead atoms. The minimum absolute atomic E-state index is 0.681. The molecule has 1 aromatic rings. The van der Waals surface area contributed by atoms with E-state index in [0.717, 1.165) is 19.5 Å². The van der Waals surface area contributed by atoms with Crippen LogP contribution in [0.3, 0.4) is 0 Å². The van der Waals surface area contributed by atoms with E-state index in [0.29, 0.717) is 6.04 Å². The predicted molar refractivity (Wildman–Crippen MR) is 68.9 cm³/mol. The summed E-state index contributed by atoms with van der Waals surface area (Å²) in [6.07, 6.45) is 3.67. The SMILES string of the molecule is CCc1nc(CN(C)C2CCCNC2)cs1. The molecule has 16 heavy (non-hydrogen) atoms. The van der Waals surface area contributed by atoms with E-state index >= 15 is 0 Å². The van der Waals surface area contributed by atoms with Crippen LogP contribution in [0.1, 0.15) is 30.5 Å². The third kappa shape index (κ3) is 3.03. The third-order valence-corrected chi connectivity index (χ3v) is 4.25. The summed E-state index contributed by atoms with van der Waals surface area (Å²) >= 11 is 1.78. The minimum atomic E-state index is 0.681. The van der Waals surface area contributed by atoms with E-state index in [4.69, 9.17) is 0 Å². The van der Waals surface area contributed by atoms with Gasteiger partial charge in [0.05, 0.1) is 10.7 Å². The number of nitrogens with one attached hydrogen (secondary N) is 1. The Morgan fingerprint density at radius 1 is 1.62 bits per heavy atom. The van der Waals surface area contributed by atoms with E-state index in [2.05, 4.69) is 34.6 Å². The molecule has 1 saturated heterocycles. The molecule has 0 radical (unpaired) electrons. The van der Waals surface area contributed by atoms with Crippen molar-refractivity contribution in [3.05, 3.63) is 16.1 Å². The van der Waals surface area contributed by atoms with Crippen molar-refractivity contribution < 1.29 is 0 Å². The van der Waals surface area contributed by atoms with Crippen LogP contribution in [0.15, 0.2) is 5.38 Å². The molecular weight excluding hydrogens is 218 g/mol. The van der Waals surface area contributed by atoms with Crippen LogP contribution in [0.25, 0.3) is 0 Å². The Morgan fingerprint density at radius 2 is 2.50 bits per heavy atom. The Bertz CT molecular complexity index is 318. The first-order chi connectivity index (χ1) is 7.79. The van der Waals surface area contributed by atoms with Gasteiger partial charge >= 0.3 is 0 Å². The quantitative estimate of drug-likeness (QED) is 0.869. The molecule has 4 heteroatoms. The summed E-state index contributed by atoms with van der Waals surface area (Å²) in [6.45, 7) is 5.46. The monoisotopic (exact) mass is 239 g/mol. The first-order valence-electron chi connectivity index (χ1n) is 6.14.